The lowest BCUT2D eigenvalue weighted by molar-refractivity contribution is 0.0940. The predicted molar refractivity (Wildman–Crippen MR) is 63.9 cm³/mol. The van der Waals surface area contributed by atoms with Crippen molar-refractivity contribution in [2.45, 2.75) is 25.9 Å². The standard InChI is InChI=1S/C10H16N4O.ClH/c1-2-14-7-8(5-12-14)10(15)13-9-3-4-11-6-9;/h5,7,9,11H,2-4,6H2,1H3,(H,13,15);1H. The van der Waals surface area contributed by atoms with E-state index in [4.69, 9.17) is 0 Å². The topological polar surface area (TPSA) is 59.0 Å². The number of carbonyl (C=O) groups excluding carboxylic acids is 1. The molecule has 0 spiro atoms. The first-order valence-electron chi connectivity index (χ1n) is 5.33. The average molecular weight is 245 g/mol. The molecule has 0 aromatic carbocycles. The van der Waals surface area contributed by atoms with Crippen LogP contribution in [0.1, 0.15) is 23.7 Å². The monoisotopic (exact) mass is 244 g/mol. The van der Waals surface area contributed by atoms with Crippen molar-refractivity contribution in [3.63, 3.8) is 0 Å². The number of halogens is 1. The molecule has 0 saturated carbocycles. The third-order valence-corrected chi connectivity index (χ3v) is 2.61. The van der Waals surface area contributed by atoms with Crippen LogP contribution in [-0.4, -0.2) is 34.8 Å². The maximum absolute atomic E-state index is 11.7. The number of nitrogens with zero attached hydrogens (tertiary/aromatic N) is 2. The molecule has 16 heavy (non-hydrogen) atoms. The number of hydrogen-bond acceptors (Lipinski definition) is 3. The van der Waals surface area contributed by atoms with Crippen LogP contribution in [0, 0.1) is 0 Å². The highest BCUT2D eigenvalue weighted by atomic mass is 35.5. The summed E-state index contributed by atoms with van der Waals surface area (Å²) in [5, 5.41) is 10.3. The van der Waals surface area contributed by atoms with E-state index in [2.05, 4.69) is 15.7 Å². The van der Waals surface area contributed by atoms with Gasteiger partial charge in [-0.25, -0.2) is 0 Å². The van der Waals surface area contributed by atoms with Crippen LogP contribution in [0.2, 0.25) is 0 Å². The molecular weight excluding hydrogens is 228 g/mol. The fraction of sp³-hybridized carbons (Fsp3) is 0.600. The zero-order chi connectivity index (χ0) is 10.7. The Morgan fingerprint density at radius 2 is 2.56 bits per heavy atom. The molecule has 1 amide bonds. The molecule has 5 nitrogen and oxygen atoms in total. The summed E-state index contributed by atoms with van der Waals surface area (Å²) in [6.07, 6.45) is 4.40. The van der Waals surface area contributed by atoms with Gasteiger partial charge in [0.05, 0.1) is 11.8 Å². The summed E-state index contributed by atoms with van der Waals surface area (Å²) in [6.45, 7) is 4.64. The minimum atomic E-state index is -0.0246. The van der Waals surface area contributed by atoms with Gasteiger partial charge >= 0.3 is 0 Å². The zero-order valence-corrected chi connectivity index (χ0v) is 10.1. The van der Waals surface area contributed by atoms with Gasteiger partial charge in [-0.1, -0.05) is 0 Å². The van der Waals surface area contributed by atoms with Gasteiger partial charge in [-0.15, -0.1) is 12.4 Å². The minimum absolute atomic E-state index is 0. The van der Waals surface area contributed by atoms with Crippen LogP contribution in [-0.2, 0) is 6.54 Å². The predicted octanol–water partition coefficient (Wildman–Crippen LogP) is 0.416. The van der Waals surface area contributed by atoms with Gasteiger partial charge in [-0.3, -0.25) is 9.48 Å². The summed E-state index contributed by atoms with van der Waals surface area (Å²) in [5.74, 6) is -0.0246. The second-order valence-corrected chi connectivity index (χ2v) is 3.75. The van der Waals surface area contributed by atoms with Gasteiger partial charge in [0.15, 0.2) is 0 Å². The van der Waals surface area contributed by atoms with Crippen molar-refractivity contribution >= 4 is 18.3 Å². The molecule has 1 aliphatic rings. The first-order valence-corrected chi connectivity index (χ1v) is 5.33. The molecule has 1 aromatic heterocycles. The lowest BCUT2D eigenvalue weighted by atomic mass is 10.2. The van der Waals surface area contributed by atoms with E-state index in [0.717, 1.165) is 26.1 Å². The average Bonchev–Trinajstić information content (AvgIpc) is 2.86. The van der Waals surface area contributed by atoms with Crippen molar-refractivity contribution in [3.8, 4) is 0 Å². The van der Waals surface area contributed by atoms with E-state index >= 15 is 0 Å². The first kappa shape index (κ1) is 13.0. The second kappa shape index (κ2) is 5.86. The molecule has 2 rings (SSSR count). The Morgan fingerprint density at radius 3 is 3.12 bits per heavy atom. The van der Waals surface area contributed by atoms with Gasteiger partial charge in [0.1, 0.15) is 0 Å². The molecule has 0 bridgehead atoms. The normalized spacial score (nSPS) is 19.2. The third kappa shape index (κ3) is 2.96. The Balaban J connectivity index is 0.00000128. The smallest absolute Gasteiger partial charge is 0.254 e. The van der Waals surface area contributed by atoms with Crippen molar-refractivity contribution in [2.24, 2.45) is 0 Å². The van der Waals surface area contributed by atoms with E-state index in [1.54, 1.807) is 17.1 Å². The van der Waals surface area contributed by atoms with E-state index < -0.39 is 0 Å². The van der Waals surface area contributed by atoms with Crippen molar-refractivity contribution in [2.75, 3.05) is 13.1 Å². The van der Waals surface area contributed by atoms with Crippen LogP contribution in [0.3, 0.4) is 0 Å². The van der Waals surface area contributed by atoms with E-state index in [1.807, 2.05) is 6.92 Å². The highest BCUT2D eigenvalue weighted by Gasteiger charge is 2.18. The Bertz CT molecular complexity index is 346. The second-order valence-electron chi connectivity index (χ2n) is 3.75. The van der Waals surface area contributed by atoms with Crippen LogP contribution >= 0.6 is 12.4 Å². The fourth-order valence-corrected chi connectivity index (χ4v) is 1.70. The van der Waals surface area contributed by atoms with E-state index in [0.29, 0.717) is 5.56 Å². The number of aromatic nitrogens is 2. The fourth-order valence-electron chi connectivity index (χ4n) is 1.70. The van der Waals surface area contributed by atoms with Gasteiger partial charge in [0, 0.05) is 25.3 Å². The Labute approximate surface area is 101 Å². The Hall–Kier alpha value is -1.07. The first-order chi connectivity index (χ1) is 7.29. The van der Waals surface area contributed by atoms with Gasteiger partial charge in [0.2, 0.25) is 0 Å². The molecule has 1 fully saturated rings. The van der Waals surface area contributed by atoms with E-state index in [-0.39, 0.29) is 24.4 Å². The number of carbonyl (C=O) groups is 1. The van der Waals surface area contributed by atoms with Crippen LogP contribution in [0.4, 0.5) is 0 Å². The molecule has 0 radical (unpaired) electrons. The summed E-state index contributed by atoms with van der Waals surface area (Å²) >= 11 is 0. The van der Waals surface area contributed by atoms with Crippen LogP contribution in [0.25, 0.3) is 0 Å². The number of amides is 1. The maximum Gasteiger partial charge on any atom is 0.254 e. The molecule has 90 valence electrons. The van der Waals surface area contributed by atoms with Crippen molar-refractivity contribution in [3.05, 3.63) is 18.0 Å². The number of aryl methyl sites for hydroxylation is 1. The summed E-state index contributed by atoms with van der Waals surface area (Å²) < 4.78 is 1.75. The molecule has 1 aliphatic heterocycles. The molecule has 1 aromatic rings. The zero-order valence-electron chi connectivity index (χ0n) is 9.27. The quantitative estimate of drug-likeness (QED) is 0.810. The molecule has 2 heterocycles. The van der Waals surface area contributed by atoms with Crippen molar-refractivity contribution < 1.29 is 4.79 Å². The van der Waals surface area contributed by atoms with Crippen LogP contribution in [0.15, 0.2) is 12.4 Å². The molecule has 2 N–H and O–H groups in total. The van der Waals surface area contributed by atoms with Crippen molar-refractivity contribution in [1.29, 1.82) is 0 Å². The highest BCUT2D eigenvalue weighted by Crippen LogP contribution is 2.02. The van der Waals surface area contributed by atoms with Gasteiger partial charge < -0.3 is 10.6 Å². The third-order valence-electron chi connectivity index (χ3n) is 2.61. The molecule has 1 saturated heterocycles. The Morgan fingerprint density at radius 1 is 1.75 bits per heavy atom. The summed E-state index contributed by atoms with van der Waals surface area (Å²) in [4.78, 5) is 11.7. The molecule has 0 aliphatic carbocycles. The largest absolute Gasteiger partial charge is 0.348 e. The Kier molecular flexibility index (Phi) is 4.76. The highest BCUT2D eigenvalue weighted by molar-refractivity contribution is 5.93. The number of nitrogens with one attached hydrogen (secondary N) is 2. The molecule has 6 heteroatoms. The number of hydrogen-bond donors (Lipinski definition) is 2. The lowest BCUT2D eigenvalue weighted by Crippen LogP contribution is -2.36. The summed E-state index contributed by atoms with van der Waals surface area (Å²) in [5.41, 5.74) is 0.642. The molecular formula is C10H17ClN4O. The number of rotatable bonds is 3. The maximum atomic E-state index is 11.7. The SMILES string of the molecule is CCn1cc(C(=O)NC2CCNC2)cn1.Cl. The lowest BCUT2D eigenvalue weighted by Gasteiger charge is -2.09. The van der Waals surface area contributed by atoms with Crippen molar-refractivity contribution in [1.82, 2.24) is 20.4 Å². The molecule has 1 unspecified atom stereocenters. The van der Waals surface area contributed by atoms with Crippen LogP contribution in [0.5, 0.6) is 0 Å². The summed E-state index contributed by atoms with van der Waals surface area (Å²) in [7, 11) is 0. The van der Waals surface area contributed by atoms with Gasteiger partial charge in [-0.05, 0) is 19.9 Å². The minimum Gasteiger partial charge on any atom is -0.348 e. The van der Waals surface area contributed by atoms with Gasteiger partial charge in [-0.2, -0.15) is 5.10 Å². The van der Waals surface area contributed by atoms with E-state index in [1.165, 1.54) is 0 Å². The summed E-state index contributed by atoms with van der Waals surface area (Å²) in [6, 6.07) is 0.266. The molecule has 1 atom stereocenters. The van der Waals surface area contributed by atoms with Gasteiger partial charge in [0.25, 0.3) is 5.91 Å². The van der Waals surface area contributed by atoms with Crippen LogP contribution < -0.4 is 10.6 Å². The van der Waals surface area contributed by atoms with E-state index in [9.17, 15) is 4.79 Å².